The van der Waals surface area contributed by atoms with E-state index in [1.165, 1.54) is 12.0 Å². The summed E-state index contributed by atoms with van der Waals surface area (Å²) >= 11 is 0. The summed E-state index contributed by atoms with van der Waals surface area (Å²) in [6.45, 7) is 3.56. The molecule has 0 bridgehead atoms. The lowest BCUT2D eigenvalue weighted by atomic mass is 9.99. The van der Waals surface area contributed by atoms with Crippen LogP contribution < -0.4 is 15.0 Å². The first-order valence-corrected chi connectivity index (χ1v) is 10.1. The third-order valence-corrected chi connectivity index (χ3v) is 5.65. The molecule has 2 aromatic carbocycles. The van der Waals surface area contributed by atoms with Gasteiger partial charge in [0.2, 0.25) is 5.91 Å². The minimum Gasteiger partial charge on any atom is -0.489 e. The minimum absolute atomic E-state index is 0. The third kappa shape index (κ3) is 5.06. The second-order valence-corrected chi connectivity index (χ2v) is 7.61. The number of aryl methyl sites for hydroxylation is 1. The van der Waals surface area contributed by atoms with Crippen LogP contribution in [0.25, 0.3) is 0 Å². The van der Waals surface area contributed by atoms with Crippen LogP contribution in [0.3, 0.4) is 0 Å². The monoisotopic (exact) mass is 400 g/mol. The summed E-state index contributed by atoms with van der Waals surface area (Å²) in [7, 11) is 0. The number of ether oxygens (including phenoxy) is 1. The first-order chi connectivity index (χ1) is 13.3. The van der Waals surface area contributed by atoms with Gasteiger partial charge in [0.25, 0.3) is 0 Å². The van der Waals surface area contributed by atoms with Gasteiger partial charge in [-0.05, 0) is 74.0 Å². The number of carbonyl (C=O) groups excluding carboxylic acids is 1. The highest BCUT2D eigenvalue weighted by Gasteiger charge is 2.24. The lowest BCUT2D eigenvalue weighted by molar-refractivity contribution is -0.119. The number of amides is 1. The van der Waals surface area contributed by atoms with Crippen LogP contribution >= 0.6 is 12.4 Å². The zero-order chi connectivity index (χ0) is 18.5. The van der Waals surface area contributed by atoms with E-state index in [0.29, 0.717) is 18.9 Å². The van der Waals surface area contributed by atoms with Crippen LogP contribution in [0.15, 0.2) is 48.5 Å². The number of nitrogens with one attached hydrogen (secondary N) is 1. The molecule has 5 heteroatoms. The molecule has 0 saturated carbocycles. The van der Waals surface area contributed by atoms with Crippen molar-refractivity contribution in [3.63, 3.8) is 0 Å². The van der Waals surface area contributed by atoms with Crippen molar-refractivity contribution in [1.29, 1.82) is 0 Å². The molecular formula is C23H29ClN2O2. The van der Waals surface area contributed by atoms with Crippen molar-refractivity contribution in [2.75, 3.05) is 24.5 Å². The summed E-state index contributed by atoms with van der Waals surface area (Å²) in [4.78, 5) is 14.8. The van der Waals surface area contributed by atoms with Gasteiger partial charge in [-0.1, -0.05) is 30.3 Å². The fourth-order valence-corrected chi connectivity index (χ4v) is 4.09. The summed E-state index contributed by atoms with van der Waals surface area (Å²) in [5.74, 6) is 1.80. The molecule has 0 aromatic heterocycles. The molecule has 1 atom stereocenters. The number of carbonyl (C=O) groups is 1. The number of rotatable bonds is 6. The number of hydrogen-bond acceptors (Lipinski definition) is 3. The third-order valence-electron chi connectivity index (χ3n) is 5.65. The molecule has 1 unspecified atom stereocenters. The van der Waals surface area contributed by atoms with Gasteiger partial charge in [-0.25, -0.2) is 0 Å². The Balaban J connectivity index is 0.00000225. The van der Waals surface area contributed by atoms with E-state index in [4.69, 9.17) is 4.74 Å². The van der Waals surface area contributed by atoms with Crippen LogP contribution in [0.5, 0.6) is 5.75 Å². The first kappa shape index (κ1) is 20.7. The Morgan fingerprint density at radius 1 is 1.18 bits per heavy atom. The quantitative estimate of drug-likeness (QED) is 0.783. The fourth-order valence-electron chi connectivity index (χ4n) is 4.09. The molecule has 150 valence electrons. The Bertz CT molecular complexity index is 775. The maximum atomic E-state index is 12.8. The van der Waals surface area contributed by atoms with Gasteiger partial charge < -0.3 is 15.0 Å². The number of halogens is 1. The molecule has 4 rings (SSSR count). The highest BCUT2D eigenvalue weighted by atomic mass is 35.5. The van der Waals surface area contributed by atoms with E-state index in [1.54, 1.807) is 0 Å². The van der Waals surface area contributed by atoms with E-state index < -0.39 is 0 Å². The molecule has 4 nitrogen and oxygen atoms in total. The Labute approximate surface area is 173 Å². The molecule has 2 aromatic rings. The topological polar surface area (TPSA) is 41.6 Å². The molecule has 1 N–H and O–H groups in total. The van der Waals surface area contributed by atoms with Crippen molar-refractivity contribution in [3.8, 4) is 5.75 Å². The van der Waals surface area contributed by atoms with Gasteiger partial charge in [-0.2, -0.15) is 0 Å². The predicted molar refractivity (Wildman–Crippen MR) is 115 cm³/mol. The number of nitrogens with zero attached hydrogens (tertiary/aromatic N) is 1. The van der Waals surface area contributed by atoms with Crippen molar-refractivity contribution in [1.82, 2.24) is 5.32 Å². The van der Waals surface area contributed by atoms with Gasteiger partial charge in [-0.15, -0.1) is 12.4 Å². The molecule has 2 heterocycles. The average Bonchev–Trinajstić information content (AvgIpc) is 3.24. The molecule has 0 radical (unpaired) electrons. The van der Waals surface area contributed by atoms with E-state index in [9.17, 15) is 4.79 Å². The van der Waals surface area contributed by atoms with Crippen LogP contribution in [0.4, 0.5) is 5.69 Å². The number of hydrogen-bond donors (Lipinski definition) is 1. The minimum atomic E-state index is 0. The van der Waals surface area contributed by atoms with E-state index >= 15 is 0 Å². The maximum Gasteiger partial charge on any atom is 0.226 e. The second-order valence-electron chi connectivity index (χ2n) is 7.61. The van der Waals surface area contributed by atoms with E-state index in [-0.39, 0.29) is 18.3 Å². The molecule has 0 aliphatic carbocycles. The maximum absolute atomic E-state index is 12.8. The molecule has 1 saturated heterocycles. The normalized spacial score (nSPS) is 18.3. The number of anilines is 1. The van der Waals surface area contributed by atoms with Crippen molar-refractivity contribution in [2.45, 2.75) is 38.7 Å². The highest BCUT2D eigenvalue weighted by Crippen LogP contribution is 2.31. The van der Waals surface area contributed by atoms with Crippen molar-refractivity contribution in [2.24, 2.45) is 5.92 Å². The first-order valence-electron chi connectivity index (χ1n) is 10.1. The van der Waals surface area contributed by atoms with Gasteiger partial charge >= 0.3 is 0 Å². The lowest BCUT2D eigenvalue weighted by Gasteiger charge is -2.30. The summed E-state index contributed by atoms with van der Waals surface area (Å²) in [5.41, 5.74) is 3.46. The van der Waals surface area contributed by atoms with E-state index in [0.717, 1.165) is 55.9 Å². The van der Waals surface area contributed by atoms with Crippen molar-refractivity contribution < 1.29 is 9.53 Å². The fraction of sp³-hybridized carbons (Fsp3) is 0.435. The van der Waals surface area contributed by atoms with Crippen molar-refractivity contribution in [3.05, 3.63) is 59.7 Å². The lowest BCUT2D eigenvalue weighted by Crippen LogP contribution is -2.35. The number of fused-ring (bicyclic) bond motifs is 1. The summed E-state index contributed by atoms with van der Waals surface area (Å²) in [5, 5.41) is 3.38. The zero-order valence-electron chi connectivity index (χ0n) is 16.2. The van der Waals surface area contributed by atoms with Crippen LogP contribution in [0.1, 0.15) is 36.8 Å². The van der Waals surface area contributed by atoms with Gasteiger partial charge in [0, 0.05) is 18.7 Å². The SMILES string of the molecule is Cl.O=C(CCC1CCNC1)N1CCCc2cc(OCc3ccccc3)ccc21. The van der Waals surface area contributed by atoms with Gasteiger partial charge in [0.05, 0.1) is 0 Å². The molecule has 0 spiro atoms. The standard InChI is InChI=1S/C23H28N2O2.ClH/c26-23(11-8-18-12-13-24-16-18)25-14-4-7-20-15-21(9-10-22(20)25)27-17-19-5-2-1-3-6-19;/h1-3,5-6,9-10,15,18,24H,4,7-8,11-14,16-17H2;1H. The Morgan fingerprint density at radius 3 is 2.82 bits per heavy atom. The predicted octanol–water partition coefficient (Wildman–Crippen LogP) is 4.36. The van der Waals surface area contributed by atoms with Gasteiger partial charge in [-0.3, -0.25) is 4.79 Å². The summed E-state index contributed by atoms with van der Waals surface area (Å²) in [6.07, 6.45) is 4.88. The van der Waals surface area contributed by atoms with Gasteiger partial charge in [0.15, 0.2) is 0 Å². The summed E-state index contributed by atoms with van der Waals surface area (Å²) < 4.78 is 5.96. The van der Waals surface area contributed by atoms with Crippen LogP contribution in [0.2, 0.25) is 0 Å². The molecule has 2 aliphatic heterocycles. The largest absolute Gasteiger partial charge is 0.489 e. The molecule has 2 aliphatic rings. The molecule has 28 heavy (non-hydrogen) atoms. The Kier molecular flexibility index (Phi) is 7.35. The van der Waals surface area contributed by atoms with Crippen LogP contribution in [-0.2, 0) is 17.8 Å². The van der Waals surface area contributed by atoms with Crippen LogP contribution in [-0.4, -0.2) is 25.5 Å². The Morgan fingerprint density at radius 2 is 2.04 bits per heavy atom. The smallest absolute Gasteiger partial charge is 0.226 e. The molecule has 1 amide bonds. The van der Waals surface area contributed by atoms with E-state index in [1.807, 2.05) is 29.2 Å². The average molecular weight is 401 g/mol. The van der Waals surface area contributed by atoms with Crippen LogP contribution in [0, 0.1) is 5.92 Å². The molecule has 1 fully saturated rings. The van der Waals surface area contributed by atoms with Gasteiger partial charge in [0.1, 0.15) is 12.4 Å². The van der Waals surface area contributed by atoms with E-state index in [2.05, 4.69) is 29.6 Å². The number of benzene rings is 2. The second kappa shape index (κ2) is 9.94. The highest BCUT2D eigenvalue weighted by molar-refractivity contribution is 5.94. The zero-order valence-corrected chi connectivity index (χ0v) is 17.0. The molecular weight excluding hydrogens is 372 g/mol. The summed E-state index contributed by atoms with van der Waals surface area (Å²) in [6, 6.07) is 16.4. The Hall–Kier alpha value is -2.04. The van der Waals surface area contributed by atoms with Crippen molar-refractivity contribution >= 4 is 24.0 Å².